The molecule has 1 amide bonds. The van der Waals surface area contributed by atoms with Gasteiger partial charge >= 0.3 is 0 Å². The Morgan fingerprint density at radius 1 is 1.25 bits per heavy atom. The van der Waals surface area contributed by atoms with E-state index in [1.165, 1.54) is 4.88 Å². The van der Waals surface area contributed by atoms with Crippen LogP contribution in [0.1, 0.15) is 11.3 Å². The first-order valence-corrected chi connectivity index (χ1v) is 7.40. The summed E-state index contributed by atoms with van der Waals surface area (Å²) in [5.74, 6) is 0.0659. The molecule has 0 aliphatic rings. The van der Waals surface area contributed by atoms with Gasteiger partial charge in [0.25, 0.3) is 0 Å². The Morgan fingerprint density at radius 2 is 2.15 bits per heavy atom. The maximum absolute atomic E-state index is 11.8. The highest BCUT2D eigenvalue weighted by Crippen LogP contribution is 2.12. The summed E-state index contributed by atoms with van der Waals surface area (Å²) in [6.45, 7) is 1.26. The van der Waals surface area contributed by atoms with Crippen LogP contribution in [0.5, 0.6) is 0 Å². The molecule has 0 spiro atoms. The molecule has 0 fully saturated rings. The first-order chi connectivity index (χ1) is 9.83. The Kier molecular flexibility index (Phi) is 3.78. The first kappa shape index (κ1) is 12.9. The van der Waals surface area contributed by atoms with Gasteiger partial charge < -0.3 is 9.88 Å². The van der Waals surface area contributed by atoms with Crippen LogP contribution in [-0.2, 0) is 17.9 Å². The number of carbonyl (C=O) groups is 1. The Balaban J connectivity index is 1.55. The molecule has 0 aliphatic heterocycles. The molecule has 4 nitrogen and oxygen atoms in total. The number of carbonyl (C=O) groups excluding carboxylic acids is 1. The molecule has 0 saturated carbocycles. The Bertz CT molecular complexity index is 703. The number of nitrogens with one attached hydrogen (secondary N) is 1. The van der Waals surface area contributed by atoms with Crippen molar-refractivity contribution in [2.45, 2.75) is 19.5 Å². The summed E-state index contributed by atoms with van der Waals surface area (Å²) in [6, 6.07) is 12.0. The molecule has 20 heavy (non-hydrogen) atoms. The lowest BCUT2D eigenvalue weighted by Crippen LogP contribution is -2.23. The highest BCUT2D eigenvalue weighted by molar-refractivity contribution is 7.09. The molecular formula is C15H15N3OS. The van der Waals surface area contributed by atoms with Crippen LogP contribution in [0, 0.1) is 0 Å². The van der Waals surface area contributed by atoms with Crippen LogP contribution in [0.15, 0.2) is 48.1 Å². The van der Waals surface area contributed by atoms with Gasteiger partial charge in [-0.25, -0.2) is 4.98 Å². The van der Waals surface area contributed by atoms with Crippen molar-refractivity contribution in [1.29, 1.82) is 0 Å². The van der Waals surface area contributed by atoms with Crippen LogP contribution >= 0.6 is 11.3 Å². The summed E-state index contributed by atoms with van der Waals surface area (Å²) >= 11 is 1.65. The first-order valence-electron chi connectivity index (χ1n) is 6.52. The second-order valence-electron chi connectivity index (χ2n) is 4.53. The van der Waals surface area contributed by atoms with E-state index in [4.69, 9.17) is 0 Å². The van der Waals surface area contributed by atoms with Gasteiger partial charge in [-0.1, -0.05) is 18.2 Å². The Labute approximate surface area is 121 Å². The van der Waals surface area contributed by atoms with Gasteiger partial charge in [0.1, 0.15) is 0 Å². The van der Waals surface area contributed by atoms with E-state index in [-0.39, 0.29) is 5.91 Å². The fourth-order valence-electron chi connectivity index (χ4n) is 2.10. The Hall–Kier alpha value is -2.14. The minimum atomic E-state index is 0.0659. The molecule has 0 aliphatic carbocycles. The largest absolute Gasteiger partial charge is 0.351 e. The molecule has 2 heterocycles. The van der Waals surface area contributed by atoms with E-state index in [9.17, 15) is 4.79 Å². The molecule has 0 radical (unpaired) electrons. The van der Waals surface area contributed by atoms with E-state index in [0.717, 1.165) is 11.0 Å². The summed E-state index contributed by atoms with van der Waals surface area (Å²) in [4.78, 5) is 17.3. The lowest BCUT2D eigenvalue weighted by atomic mass is 10.3. The summed E-state index contributed by atoms with van der Waals surface area (Å²) in [6.07, 6.45) is 2.25. The number of hydrogen-bond donors (Lipinski definition) is 1. The predicted octanol–water partition coefficient (Wildman–Crippen LogP) is 2.80. The molecule has 5 heteroatoms. The third-order valence-electron chi connectivity index (χ3n) is 3.15. The van der Waals surface area contributed by atoms with Crippen molar-refractivity contribution in [1.82, 2.24) is 14.9 Å². The lowest BCUT2D eigenvalue weighted by molar-refractivity contribution is -0.121. The van der Waals surface area contributed by atoms with Crippen molar-refractivity contribution >= 4 is 28.3 Å². The number of aryl methyl sites for hydroxylation is 1. The molecule has 0 unspecified atom stereocenters. The molecule has 2 aromatic heterocycles. The van der Waals surface area contributed by atoms with Gasteiger partial charge in [0, 0.05) is 17.8 Å². The number of nitrogens with zero attached hydrogens (tertiary/aromatic N) is 2. The summed E-state index contributed by atoms with van der Waals surface area (Å²) in [5.41, 5.74) is 2.03. The SMILES string of the molecule is O=C(CCn1cnc2ccccc21)NCc1cccs1. The molecule has 1 N–H and O–H groups in total. The predicted molar refractivity (Wildman–Crippen MR) is 80.5 cm³/mol. The van der Waals surface area contributed by atoms with Crippen LogP contribution in [-0.4, -0.2) is 15.5 Å². The number of hydrogen-bond acceptors (Lipinski definition) is 3. The quantitative estimate of drug-likeness (QED) is 0.783. The monoisotopic (exact) mass is 285 g/mol. The van der Waals surface area contributed by atoms with Crippen LogP contribution < -0.4 is 5.32 Å². The minimum Gasteiger partial charge on any atom is -0.351 e. The fraction of sp³-hybridized carbons (Fsp3) is 0.200. The van der Waals surface area contributed by atoms with Gasteiger partial charge in [0.15, 0.2) is 0 Å². The third-order valence-corrected chi connectivity index (χ3v) is 4.02. The number of benzene rings is 1. The van der Waals surface area contributed by atoms with E-state index in [0.29, 0.717) is 19.5 Å². The zero-order valence-corrected chi connectivity index (χ0v) is 11.8. The van der Waals surface area contributed by atoms with Crippen molar-refractivity contribution in [3.8, 4) is 0 Å². The average Bonchev–Trinajstić information content (AvgIpc) is 3.12. The van der Waals surface area contributed by atoms with Gasteiger partial charge in [-0.2, -0.15) is 0 Å². The van der Waals surface area contributed by atoms with Crippen molar-refractivity contribution in [2.24, 2.45) is 0 Å². The Morgan fingerprint density at radius 3 is 3.00 bits per heavy atom. The molecule has 1 aromatic carbocycles. The van der Waals surface area contributed by atoms with E-state index < -0.39 is 0 Å². The molecular weight excluding hydrogens is 270 g/mol. The van der Waals surface area contributed by atoms with Gasteiger partial charge in [-0.05, 0) is 23.6 Å². The highest BCUT2D eigenvalue weighted by Gasteiger charge is 2.05. The number of amides is 1. The average molecular weight is 285 g/mol. The van der Waals surface area contributed by atoms with Crippen molar-refractivity contribution in [2.75, 3.05) is 0 Å². The van der Waals surface area contributed by atoms with Crippen LogP contribution in [0.2, 0.25) is 0 Å². The van der Waals surface area contributed by atoms with Crippen molar-refractivity contribution in [3.63, 3.8) is 0 Å². The smallest absolute Gasteiger partial charge is 0.222 e. The zero-order chi connectivity index (χ0) is 13.8. The number of rotatable bonds is 5. The standard InChI is InChI=1S/C15H15N3OS/c19-15(16-10-12-4-3-9-20-12)7-8-18-11-17-13-5-1-2-6-14(13)18/h1-6,9,11H,7-8,10H2,(H,16,19). The summed E-state index contributed by atoms with van der Waals surface area (Å²) < 4.78 is 2.01. The van der Waals surface area contributed by atoms with Gasteiger partial charge in [0.05, 0.1) is 23.9 Å². The number of para-hydroxylation sites is 2. The molecule has 0 saturated heterocycles. The number of imidazole rings is 1. The van der Waals surface area contributed by atoms with Crippen LogP contribution in [0.3, 0.4) is 0 Å². The van der Waals surface area contributed by atoms with E-state index in [1.54, 1.807) is 17.7 Å². The second-order valence-corrected chi connectivity index (χ2v) is 5.57. The van der Waals surface area contributed by atoms with Crippen LogP contribution in [0.25, 0.3) is 11.0 Å². The third kappa shape index (κ3) is 2.88. The molecule has 3 aromatic rings. The van der Waals surface area contributed by atoms with Crippen molar-refractivity contribution < 1.29 is 4.79 Å². The van der Waals surface area contributed by atoms with Gasteiger partial charge in [-0.3, -0.25) is 4.79 Å². The van der Waals surface area contributed by atoms with Crippen LogP contribution in [0.4, 0.5) is 0 Å². The number of aromatic nitrogens is 2. The molecule has 0 bridgehead atoms. The van der Waals surface area contributed by atoms with E-state index in [1.807, 2.05) is 46.3 Å². The normalized spacial score (nSPS) is 10.8. The van der Waals surface area contributed by atoms with Crippen molar-refractivity contribution in [3.05, 3.63) is 53.0 Å². The van der Waals surface area contributed by atoms with E-state index >= 15 is 0 Å². The summed E-state index contributed by atoms with van der Waals surface area (Å²) in [7, 11) is 0. The van der Waals surface area contributed by atoms with E-state index in [2.05, 4.69) is 10.3 Å². The maximum Gasteiger partial charge on any atom is 0.222 e. The second kappa shape index (κ2) is 5.88. The maximum atomic E-state index is 11.8. The molecule has 0 atom stereocenters. The number of fused-ring (bicyclic) bond motifs is 1. The summed E-state index contributed by atoms with van der Waals surface area (Å²) in [5, 5.41) is 4.95. The lowest BCUT2D eigenvalue weighted by Gasteiger charge is -2.05. The molecule has 102 valence electrons. The topological polar surface area (TPSA) is 46.9 Å². The highest BCUT2D eigenvalue weighted by atomic mass is 32.1. The minimum absolute atomic E-state index is 0.0659. The molecule has 3 rings (SSSR count). The van der Waals surface area contributed by atoms with Gasteiger partial charge in [0.2, 0.25) is 5.91 Å². The zero-order valence-electron chi connectivity index (χ0n) is 11.0. The number of thiophene rings is 1. The fourth-order valence-corrected chi connectivity index (χ4v) is 2.74. The van der Waals surface area contributed by atoms with Gasteiger partial charge in [-0.15, -0.1) is 11.3 Å².